The number of H-pyrrole nitrogens is 1. The molecule has 0 bridgehead atoms. The number of anilines is 1. The van der Waals surface area contributed by atoms with Gasteiger partial charge in [0.2, 0.25) is 0 Å². The summed E-state index contributed by atoms with van der Waals surface area (Å²) in [7, 11) is -3.58. The number of aromatic amines is 1. The lowest BCUT2D eigenvalue weighted by Gasteiger charge is -2.08. The Hall–Kier alpha value is -1.34. The number of hydrogen-bond donors (Lipinski definition) is 2. The van der Waals surface area contributed by atoms with Crippen LogP contribution < -0.4 is 4.72 Å². The van der Waals surface area contributed by atoms with Gasteiger partial charge >= 0.3 is 0 Å². The molecule has 90 valence electrons. The predicted octanol–water partition coefficient (Wildman–Crippen LogP) is 2.28. The summed E-state index contributed by atoms with van der Waals surface area (Å²) in [6.45, 7) is 1.75. The minimum absolute atomic E-state index is 0.244. The first-order chi connectivity index (χ1) is 7.99. The molecule has 5 nitrogen and oxygen atoms in total. The Bertz CT molecular complexity index is 623. The van der Waals surface area contributed by atoms with Crippen LogP contribution in [0.2, 0.25) is 0 Å². The highest BCUT2D eigenvalue weighted by atomic mass is 79.9. The second kappa shape index (κ2) is 4.50. The summed E-state index contributed by atoms with van der Waals surface area (Å²) in [5, 5.41) is 6.22. The van der Waals surface area contributed by atoms with Gasteiger partial charge in [-0.25, -0.2) is 8.42 Å². The average molecular weight is 316 g/mol. The maximum absolute atomic E-state index is 12.1. The van der Waals surface area contributed by atoms with Crippen LogP contribution in [0, 0.1) is 6.92 Å². The molecule has 0 aliphatic heterocycles. The number of rotatable bonds is 3. The van der Waals surface area contributed by atoms with Crippen LogP contribution in [0.4, 0.5) is 5.69 Å². The first-order valence-electron chi connectivity index (χ1n) is 4.77. The Balaban J connectivity index is 2.41. The van der Waals surface area contributed by atoms with Crippen LogP contribution in [0.3, 0.4) is 0 Å². The summed E-state index contributed by atoms with van der Waals surface area (Å²) in [4.78, 5) is 0.244. The second-order valence-corrected chi connectivity index (χ2v) is 6.07. The van der Waals surface area contributed by atoms with Crippen LogP contribution in [-0.4, -0.2) is 18.6 Å². The molecule has 2 N–H and O–H groups in total. The Labute approximate surface area is 107 Å². The van der Waals surface area contributed by atoms with Crippen LogP contribution in [0.5, 0.6) is 0 Å². The molecule has 1 aromatic carbocycles. The number of aryl methyl sites for hydroxylation is 1. The molecule has 7 heteroatoms. The lowest BCUT2D eigenvalue weighted by atomic mass is 10.2. The van der Waals surface area contributed by atoms with Gasteiger partial charge < -0.3 is 0 Å². The number of nitrogens with zero attached hydrogens (tertiary/aromatic N) is 1. The monoisotopic (exact) mass is 315 g/mol. The fourth-order valence-electron chi connectivity index (χ4n) is 1.38. The SMILES string of the molecule is Cc1ccc(Br)cc1S(=O)(=O)Nc1cn[nH]c1. The van der Waals surface area contributed by atoms with E-state index in [0.29, 0.717) is 11.3 Å². The summed E-state index contributed by atoms with van der Waals surface area (Å²) in [6.07, 6.45) is 2.88. The van der Waals surface area contributed by atoms with Gasteiger partial charge in [-0.05, 0) is 24.6 Å². The molecular formula is C10H10BrN3O2S. The van der Waals surface area contributed by atoms with Gasteiger partial charge in [0.1, 0.15) is 0 Å². The van der Waals surface area contributed by atoms with Crippen molar-refractivity contribution in [2.45, 2.75) is 11.8 Å². The molecule has 17 heavy (non-hydrogen) atoms. The normalized spacial score (nSPS) is 11.4. The fraction of sp³-hybridized carbons (Fsp3) is 0.100. The minimum Gasteiger partial charge on any atom is -0.284 e. The molecule has 0 aliphatic rings. The molecule has 0 spiro atoms. The molecule has 0 unspecified atom stereocenters. The zero-order valence-electron chi connectivity index (χ0n) is 8.94. The van der Waals surface area contributed by atoms with Gasteiger partial charge in [-0.3, -0.25) is 9.82 Å². The number of sulfonamides is 1. The van der Waals surface area contributed by atoms with Crippen molar-refractivity contribution >= 4 is 31.6 Å². The van der Waals surface area contributed by atoms with Crippen molar-refractivity contribution in [2.75, 3.05) is 4.72 Å². The van der Waals surface area contributed by atoms with E-state index < -0.39 is 10.0 Å². The third kappa shape index (κ3) is 2.67. The molecule has 0 saturated heterocycles. The van der Waals surface area contributed by atoms with Crippen molar-refractivity contribution in [1.29, 1.82) is 0 Å². The highest BCUT2D eigenvalue weighted by Gasteiger charge is 2.17. The average Bonchev–Trinajstić information content (AvgIpc) is 2.73. The summed E-state index contributed by atoms with van der Waals surface area (Å²) < 4.78 is 27.4. The topological polar surface area (TPSA) is 74.8 Å². The van der Waals surface area contributed by atoms with Crippen molar-refractivity contribution in [1.82, 2.24) is 10.2 Å². The second-order valence-electron chi connectivity index (χ2n) is 3.50. The molecule has 0 aliphatic carbocycles. The molecule has 1 aromatic heterocycles. The van der Waals surface area contributed by atoms with E-state index in [1.807, 2.05) is 0 Å². The fourth-order valence-corrected chi connectivity index (χ4v) is 3.20. The maximum Gasteiger partial charge on any atom is 0.262 e. The molecule has 0 radical (unpaired) electrons. The molecule has 0 amide bonds. The third-order valence-electron chi connectivity index (χ3n) is 2.19. The van der Waals surface area contributed by atoms with E-state index in [0.717, 1.165) is 4.47 Å². The Morgan fingerprint density at radius 3 is 2.82 bits per heavy atom. The maximum atomic E-state index is 12.1. The van der Waals surface area contributed by atoms with E-state index >= 15 is 0 Å². The quantitative estimate of drug-likeness (QED) is 0.912. The number of nitrogens with one attached hydrogen (secondary N) is 2. The van der Waals surface area contributed by atoms with Crippen molar-refractivity contribution < 1.29 is 8.42 Å². The standard InChI is InChI=1S/C10H10BrN3O2S/c1-7-2-3-8(11)4-10(7)17(15,16)14-9-5-12-13-6-9/h2-6,14H,1H3,(H,12,13). The van der Waals surface area contributed by atoms with Crippen LogP contribution >= 0.6 is 15.9 Å². The zero-order chi connectivity index (χ0) is 12.5. The van der Waals surface area contributed by atoms with E-state index in [4.69, 9.17) is 0 Å². The Morgan fingerprint density at radius 1 is 1.41 bits per heavy atom. The Morgan fingerprint density at radius 2 is 2.18 bits per heavy atom. The molecule has 2 rings (SSSR count). The van der Waals surface area contributed by atoms with E-state index in [1.54, 1.807) is 25.1 Å². The van der Waals surface area contributed by atoms with Crippen molar-refractivity contribution in [3.05, 3.63) is 40.6 Å². The summed E-state index contributed by atoms with van der Waals surface area (Å²) >= 11 is 3.26. The first-order valence-corrected chi connectivity index (χ1v) is 7.04. The number of benzene rings is 1. The van der Waals surface area contributed by atoms with Gasteiger partial charge in [-0.1, -0.05) is 22.0 Å². The zero-order valence-corrected chi connectivity index (χ0v) is 11.3. The summed E-state index contributed by atoms with van der Waals surface area (Å²) in [6, 6.07) is 5.11. The van der Waals surface area contributed by atoms with Crippen molar-refractivity contribution in [2.24, 2.45) is 0 Å². The van der Waals surface area contributed by atoms with Crippen LogP contribution in [0.25, 0.3) is 0 Å². The Kier molecular flexibility index (Phi) is 3.21. The van der Waals surface area contributed by atoms with Crippen molar-refractivity contribution in [3.8, 4) is 0 Å². The molecular weight excluding hydrogens is 306 g/mol. The van der Waals surface area contributed by atoms with E-state index in [9.17, 15) is 8.42 Å². The third-order valence-corrected chi connectivity index (χ3v) is 4.21. The van der Waals surface area contributed by atoms with Crippen LogP contribution in [0.15, 0.2) is 40.0 Å². The van der Waals surface area contributed by atoms with E-state index in [2.05, 4.69) is 30.8 Å². The largest absolute Gasteiger partial charge is 0.284 e. The van der Waals surface area contributed by atoms with Gasteiger partial charge in [0, 0.05) is 10.7 Å². The summed E-state index contributed by atoms with van der Waals surface area (Å²) in [5.41, 5.74) is 1.09. The van der Waals surface area contributed by atoms with Crippen molar-refractivity contribution in [3.63, 3.8) is 0 Å². The number of hydrogen-bond acceptors (Lipinski definition) is 3. The van der Waals surface area contributed by atoms with Crippen LogP contribution in [-0.2, 0) is 10.0 Å². The van der Waals surface area contributed by atoms with Crippen LogP contribution in [0.1, 0.15) is 5.56 Å². The molecule has 0 saturated carbocycles. The highest BCUT2D eigenvalue weighted by molar-refractivity contribution is 9.10. The molecule has 2 aromatic rings. The molecule has 1 heterocycles. The lowest BCUT2D eigenvalue weighted by molar-refractivity contribution is 0.600. The molecule has 0 atom stereocenters. The number of halogens is 1. The lowest BCUT2D eigenvalue weighted by Crippen LogP contribution is -2.13. The summed E-state index contributed by atoms with van der Waals surface area (Å²) in [5.74, 6) is 0. The van der Waals surface area contributed by atoms with Gasteiger partial charge in [0.15, 0.2) is 0 Å². The van der Waals surface area contributed by atoms with E-state index in [1.165, 1.54) is 12.4 Å². The van der Waals surface area contributed by atoms with E-state index in [-0.39, 0.29) is 4.90 Å². The minimum atomic E-state index is -3.58. The molecule has 0 fully saturated rings. The van der Waals surface area contributed by atoms with Gasteiger partial charge in [-0.2, -0.15) is 5.10 Å². The first kappa shape index (κ1) is 12.1. The predicted molar refractivity (Wildman–Crippen MR) is 68.3 cm³/mol. The van der Waals surface area contributed by atoms with Gasteiger partial charge in [-0.15, -0.1) is 0 Å². The number of aromatic nitrogens is 2. The van der Waals surface area contributed by atoms with Gasteiger partial charge in [0.25, 0.3) is 10.0 Å². The highest BCUT2D eigenvalue weighted by Crippen LogP contribution is 2.22. The smallest absolute Gasteiger partial charge is 0.262 e. The van der Waals surface area contributed by atoms with Gasteiger partial charge in [0.05, 0.1) is 16.8 Å².